The number of halogens is 1. The Morgan fingerprint density at radius 1 is 1.54 bits per heavy atom. The highest BCUT2D eigenvalue weighted by molar-refractivity contribution is 5.97. The molecule has 0 spiro atoms. The van der Waals surface area contributed by atoms with E-state index in [1.165, 1.54) is 0 Å². The zero-order chi connectivity index (χ0) is 17.7. The van der Waals surface area contributed by atoms with Crippen LogP contribution in [-0.2, 0) is 27.3 Å². The lowest BCUT2D eigenvalue weighted by Gasteiger charge is -2.17. The normalized spacial score (nSPS) is 15.3. The predicted octanol–water partition coefficient (Wildman–Crippen LogP) is 2.37. The number of carbonyl (C=O) groups is 2. The summed E-state index contributed by atoms with van der Waals surface area (Å²) in [5, 5.41) is 2.56. The van der Waals surface area contributed by atoms with Gasteiger partial charge < -0.3 is 14.6 Å². The number of nitrogens with one attached hydrogen (secondary N) is 1. The number of carbonyl (C=O) groups excluding carboxylic acids is 2. The first-order valence-electron chi connectivity index (χ1n) is 8.05. The first kappa shape index (κ1) is 17.9. The molecule has 2 heterocycles. The monoisotopic (exact) mass is 335 g/mol. The third-order valence-electron chi connectivity index (χ3n) is 3.96. The average Bonchev–Trinajstić information content (AvgIpc) is 3.16. The fourth-order valence-electron chi connectivity index (χ4n) is 2.79. The quantitative estimate of drug-likeness (QED) is 0.472. The van der Waals surface area contributed by atoms with Gasteiger partial charge in [0.2, 0.25) is 0 Å². The number of nitrogens with zero attached hydrogens (tertiary/aromatic N) is 2. The number of aryl methyl sites for hydroxylation is 1. The molecule has 0 aliphatic carbocycles. The molecular weight excluding hydrogens is 313 g/mol. The minimum absolute atomic E-state index is 0.0600. The third kappa shape index (κ3) is 3.55. The Morgan fingerprint density at radius 2 is 2.29 bits per heavy atom. The van der Waals surface area contributed by atoms with Crippen LogP contribution in [0.25, 0.3) is 0 Å². The molecule has 7 heteroatoms. The number of amides is 1. The minimum atomic E-state index is -1.05. The summed E-state index contributed by atoms with van der Waals surface area (Å²) in [4.78, 5) is 29.0. The van der Waals surface area contributed by atoms with E-state index in [0.717, 1.165) is 31.2 Å². The first-order chi connectivity index (χ1) is 11.5. The molecule has 1 aliphatic heterocycles. The molecule has 0 radical (unpaired) electrons. The Kier molecular flexibility index (Phi) is 5.89. The lowest BCUT2D eigenvalue weighted by atomic mass is 10.1. The molecule has 1 atom stereocenters. The fraction of sp³-hybridized carbons (Fsp3) is 0.471. The van der Waals surface area contributed by atoms with Crippen LogP contribution in [0.5, 0.6) is 0 Å². The van der Waals surface area contributed by atoms with Crippen molar-refractivity contribution in [1.82, 2.24) is 14.9 Å². The molecule has 0 saturated heterocycles. The second-order valence-corrected chi connectivity index (χ2v) is 5.42. The van der Waals surface area contributed by atoms with Gasteiger partial charge in [0.25, 0.3) is 5.91 Å². The first-order valence-corrected chi connectivity index (χ1v) is 8.05. The Labute approximate surface area is 140 Å². The van der Waals surface area contributed by atoms with Crippen molar-refractivity contribution in [2.24, 2.45) is 0 Å². The maximum absolute atomic E-state index is 13.8. The zero-order valence-corrected chi connectivity index (χ0v) is 14.0. The Hall–Kier alpha value is -2.44. The maximum atomic E-state index is 13.8. The number of hydrogen-bond acceptors (Lipinski definition) is 4. The van der Waals surface area contributed by atoms with Gasteiger partial charge in [0, 0.05) is 12.2 Å². The number of imidazole rings is 1. The highest BCUT2D eigenvalue weighted by Gasteiger charge is 2.32. The molecule has 1 aromatic heterocycles. The summed E-state index contributed by atoms with van der Waals surface area (Å²) in [6, 6.07) is -1.05. The Bertz CT molecular complexity index is 679. The molecule has 1 N–H and O–H groups in total. The van der Waals surface area contributed by atoms with Crippen LogP contribution in [0.1, 0.15) is 44.1 Å². The summed E-state index contributed by atoms with van der Waals surface area (Å²) in [5.74, 6) is -1.96. The summed E-state index contributed by atoms with van der Waals surface area (Å²) < 4.78 is 20.8. The molecule has 1 aliphatic rings. The van der Waals surface area contributed by atoms with Gasteiger partial charge in [-0.25, -0.2) is 14.2 Å². The van der Waals surface area contributed by atoms with Gasteiger partial charge in [0.15, 0.2) is 6.04 Å². The van der Waals surface area contributed by atoms with Crippen LogP contribution in [-0.4, -0.2) is 28.0 Å². The van der Waals surface area contributed by atoms with Crippen LogP contribution in [0.3, 0.4) is 0 Å². The molecule has 130 valence electrons. The summed E-state index contributed by atoms with van der Waals surface area (Å²) in [5.41, 5.74) is 1.31. The Morgan fingerprint density at radius 3 is 2.92 bits per heavy atom. The molecule has 0 saturated carbocycles. The summed E-state index contributed by atoms with van der Waals surface area (Å²) >= 11 is 0. The van der Waals surface area contributed by atoms with Gasteiger partial charge in [-0.1, -0.05) is 13.5 Å². The minimum Gasteiger partial charge on any atom is -0.464 e. The molecule has 24 heavy (non-hydrogen) atoms. The molecule has 0 fully saturated rings. The average molecular weight is 335 g/mol. The van der Waals surface area contributed by atoms with Gasteiger partial charge in [-0.2, -0.15) is 0 Å². The molecule has 6 nitrogen and oxygen atoms in total. The Balaban J connectivity index is 2.32. The van der Waals surface area contributed by atoms with Crippen molar-refractivity contribution in [2.45, 2.75) is 45.7 Å². The van der Waals surface area contributed by atoms with Crippen molar-refractivity contribution in [2.75, 3.05) is 6.61 Å². The van der Waals surface area contributed by atoms with Crippen molar-refractivity contribution in [3.63, 3.8) is 0 Å². The van der Waals surface area contributed by atoms with Gasteiger partial charge in [0.1, 0.15) is 5.83 Å². The van der Waals surface area contributed by atoms with Crippen molar-refractivity contribution < 1.29 is 18.7 Å². The zero-order valence-electron chi connectivity index (χ0n) is 14.0. The highest BCUT2D eigenvalue weighted by atomic mass is 19.1. The van der Waals surface area contributed by atoms with Crippen LogP contribution in [0.15, 0.2) is 30.4 Å². The van der Waals surface area contributed by atoms with Crippen molar-refractivity contribution in [1.29, 1.82) is 0 Å². The highest BCUT2D eigenvalue weighted by Crippen LogP contribution is 2.25. The lowest BCUT2D eigenvalue weighted by molar-refractivity contribution is -0.147. The van der Waals surface area contributed by atoms with Crippen LogP contribution in [0.4, 0.5) is 4.39 Å². The molecule has 0 aromatic carbocycles. The third-order valence-corrected chi connectivity index (χ3v) is 3.96. The van der Waals surface area contributed by atoms with E-state index in [-0.39, 0.29) is 18.6 Å². The topological polar surface area (TPSA) is 73.2 Å². The SMILES string of the molecule is C=C/C(F)=C(\CC)C(=O)NC(C(=O)OCC)c1ncn2c1CCC2. The van der Waals surface area contributed by atoms with E-state index in [9.17, 15) is 14.0 Å². The van der Waals surface area contributed by atoms with Crippen molar-refractivity contribution >= 4 is 11.9 Å². The van der Waals surface area contributed by atoms with E-state index in [2.05, 4.69) is 16.9 Å². The molecule has 1 aromatic rings. The second-order valence-electron chi connectivity index (χ2n) is 5.42. The predicted molar refractivity (Wildman–Crippen MR) is 86.7 cm³/mol. The number of ether oxygens (including phenoxy) is 1. The van der Waals surface area contributed by atoms with Gasteiger partial charge in [0.05, 0.1) is 24.2 Å². The number of aromatic nitrogens is 2. The molecule has 1 unspecified atom stereocenters. The van der Waals surface area contributed by atoms with E-state index in [1.54, 1.807) is 20.2 Å². The van der Waals surface area contributed by atoms with Crippen LogP contribution < -0.4 is 5.32 Å². The van der Waals surface area contributed by atoms with Crippen LogP contribution in [0, 0.1) is 0 Å². The van der Waals surface area contributed by atoms with E-state index in [1.807, 2.05) is 4.57 Å². The van der Waals surface area contributed by atoms with Crippen molar-refractivity contribution in [3.05, 3.63) is 41.8 Å². The van der Waals surface area contributed by atoms with Crippen LogP contribution in [0.2, 0.25) is 0 Å². The summed E-state index contributed by atoms with van der Waals surface area (Å²) in [6.45, 7) is 7.68. The van der Waals surface area contributed by atoms with E-state index < -0.39 is 23.7 Å². The van der Waals surface area contributed by atoms with Gasteiger partial charge in [-0.05, 0) is 32.3 Å². The van der Waals surface area contributed by atoms with Crippen LogP contribution >= 0.6 is 0 Å². The number of allylic oxidation sites excluding steroid dienone is 2. The molecule has 0 bridgehead atoms. The van der Waals surface area contributed by atoms with Crippen molar-refractivity contribution in [3.8, 4) is 0 Å². The lowest BCUT2D eigenvalue weighted by Crippen LogP contribution is -2.36. The largest absolute Gasteiger partial charge is 0.464 e. The summed E-state index contributed by atoms with van der Waals surface area (Å²) in [6.07, 6.45) is 4.54. The number of rotatable bonds is 7. The van der Waals surface area contributed by atoms with Gasteiger partial charge in [-0.15, -0.1) is 0 Å². The van der Waals surface area contributed by atoms with E-state index in [0.29, 0.717) is 5.69 Å². The van der Waals surface area contributed by atoms with Gasteiger partial charge >= 0.3 is 5.97 Å². The number of hydrogen-bond donors (Lipinski definition) is 1. The second kappa shape index (κ2) is 7.90. The van der Waals surface area contributed by atoms with E-state index in [4.69, 9.17) is 4.74 Å². The summed E-state index contributed by atoms with van der Waals surface area (Å²) in [7, 11) is 0. The maximum Gasteiger partial charge on any atom is 0.335 e. The van der Waals surface area contributed by atoms with E-state index >= 15 is 0 Å². The number of fused-ring (bicyclic) bond motifs is 1. The fourth-order valence-corrected chi connectivity index (χ4v) is 2.79. The number of esters is 1. The van der Waals surface area contributed by atoms with Gasteiger partial charge in [-0.3, -0.25) is 4.79 Å². The molecule has 2 rings (SSSR count). The standard InChI is InChI=1S/C17H22FN3O3/c1-4-11(12(18)5-2)16(22)20-15(17(23)24-6-3)14-13-8-7-9-21(13)10-19-14/h5,10,15H,2,4,6-9H2,1,3H3,(H,20,22)/b12-11-. The smallest absolute Gasteiger partial charge is 0.335 e. The molecular formula is C17H22FN3O3. The molecule has 1 amide bonds.